The fourth-order valence-electron chi connectivity index (χ4n) is 3.66. The van der Waals surface area contributed by atoms with Crippen LogP contribution in [0.5, 0.6) is 0 Å². The van der Waals surface area contributed by atoms with Crippen molar-refractivity contribution >= 4 is 11.9 Å². The van der Waals surface area contributed by atoms with E-state index in [0.29, 0.717) is 0 Å². The molecule has 0 aromatic carbocycles. The molecular weight excluding hydrogens is 270 g/mol. The number of esters is 1. The maximum Gasteiger partial charge on any atom is 0.308 e. The van der Waals surface area contributed by atoms with Crippen LogP contribution in [0, 0.1) is 17.8 Å². The van der Waals surface area contributed by atoms with E-state index in [1.165, 1.54) is 7.11 Å². The van der Waals surface area contributed by atoms with Gasteiger partial charge in [0.15, 0.2) is 0 Å². The van der Waals surface area contributed by atoms with Gasteiger partial charge >= 0.3 is 5.97 Å². The summed E-state index contributed by atoms with van der Waals surface area (Å²) in [4.78, 5) is 24.0. The van der Waals surface area contributed by atoms with Crippen molar-refractivity contribution in [2.45, 2.75) is 64.7 Å². The average Bonchev–Trinajstić information content (AvgIpc) is 2.72. The second kappa shape index (κ2) is 6.77. The van der Waals surface area contributed by atoms with Crippen molar-refractivity contribution in [3.8, 4) is 0 Å². The number of amides is 1. The van der Waals surface area contributed by atoms with Gasteiger partial charge in [-0.15, -0.1) is 0 Å². The smallest absolute Gasteiger partial charge is 0.308 e. The van der Waals surface area contributed by atoms with E-state index in [1.807, 2.05) is 13.8 Å². The Morgan fingerprint density at radius 2 is 1.67 bits per heavy atom. The fourth-order valence-corrected chi connectivity index (χ4v) is 3.66. The zero-order valence-electron chi connectivity index (χ0n) is 13.4. The first-order valence-corrected chi connectivity index (χ1v) is 7.97. The summed E-state index contributed by atoms with van der Waals surface area (Å²) in [6.07, 6.45) is 3.38. The minimum absolute atomic E-state index is 0.00386. The number of hydrogen-bond acceptors (Lipinski definition) is 4. The molecule has 0 bridgehead atoms. The van der Waals surface area contributed by atoms with E-state index in [-0.39, 0.29) is 47.9 Å². The van der Waals surface area contributed by atoms with Gasteiger partial charge in [-0.25, -0.2) is 0 Å². The molecule has 0 aromatic heterocycles. The summed E-state index contributed by atoms with van der Waals surface area (Å²) >= 11 is 0. The molecule has 0 radical (unpaired) electrons. The van der Waals surface area contributed by atoms with Crippen molar-refractivity contribution in [3.63, 3.8) is 0 Å². The summed E-state index contributed by atoms with van der Waals surface area (Å²) in [6.45, 7) is 6.07. The van der Waals surface area contributed by atoms with Gasteiger partial charge in [0.2, 0.25) is 5.91 Å². The molecule has 1 N–H and O–H groups in total. The summed E-state index contributed by atoms with van der Waals surface area (Å²) in [7, 11) is 1.43. The average molecular weight is 297 g/mol. The van der Waals surface area contributed by atoms with Gasteiger partial charge in [-0.1, -0.05) is 6.92 Å². The van der Waals surface area contributed by atoms with Crippen LogP contribution in [0.4, 0.5) is 0 Å². The van der Waals surface area contributed by atoms with Crippen molar-refractivity contribution in [1.82, 2.24) is 5.32 Å². The van der Waals surface area contributed by atoms with Gasteiger partial charge in [0.1, 0.15) is 0 Å². The molecule has 120 valence electrons. The lowest BCUT2D eigenvalue weighted by molar-refractivity contribution is -0.146. The molecule has 1 aliphatic carbocycles. The molecule has 0 spiro atoms. The van der Waals surface area contributed by atoms with E-state index >= 15 is 0 Å². The van der Waals surface area contributed by atoms with Crippen LogP contribution in [0.3, 0.4) is 0 Å². The number of hydrogen-bond donors (Lipinski definition) is 1. The predicted octanol–water partition coefficient (Wildman–Crippen LogP) is 1.89. The minimum atomic E-state index is -0.125. The van der Waals surface area contributed by atoms with Crippen molar-refractivity contribution in [3.05, 3.63) is 0 Å². The zero-order valence-corrected chi connectivity index (χ0v) is 13.4. The van der Waals surface area contributed by atoms with Crippen molar-refractivity contribution in [2.75, 3.05) is 7.11 Å². The summed E-state index contributed by atoms with van der Waals surface area (Å²) in [5.41, 5.74) is 0. The molecule has 2 rings (SSSR count). The van der Waals surface area contributed by atoms with Gasteiger partial charge in [0.05, 0.1) is 31.2 Å². The van der Waals surface area contributed by atoms with Gasteiger partial charge in [-0.3, -0.25) is 9.59 Å². The predicted molar refractivity (Wildman–Crippen MR) is 78.6 cm³/mol. The standard InChI is InChI=1S/C16H27NO4/c1-9-10(2)21-11(3)14(9)15(18)17-13-7-5-12(6-8-13)16(19)20-4/h9-14H,5-8H2,1-4H3,(H,17,18). The molecule has 1 saturated carbocycles. The van der Waals surface area contributed by atoms with Crippen molar-refractivity contribution < 1.29 is 19.1 Å². The van der Waals surface area contributed by atoms with Crippen molar-refractivity contribution in [1.29, 1.82) is 0 Å². The Hall–Kier alpha value is -1.10. The monoisotopic (exact) mass is 297 g/mol. The Morgan fingerprint density at radius 1 is 1.05 bits per heavy atom. The van der Waals surface area contributed by atoms with Crippen LogP contribution < -0.4 is 5.32 Å². The van der Waals surface area contributed by atoms with Crippen LogP contribution in [0.1, 0.15) is 46.5 Å². The van der Waals surface area contributed by atoms with E-state index in [2.05, 4.69) is 12.2 Å². The highest BCUT2D eigenvalue weighted by Gasteiger charge is 2.42. The molecule has 2 aliphatic rings. The van der Waals surface area contributed by atoms with Gasteiger partial charge in [0.25, 0.3) is 0 Å². The molecule has 1 saturated heterocycles. The zero-order chi connectivity index (χ0) is 15.6. The normalized spacial score (nSPS) is 39.8. The molecular formula is C16H27NO4. The Labute approximate surface area is 126 Å². The lowest BCUT2D eigenvalue weighted by atomic mass is 9.84. The van der Waals surface area contributed by atoms with Crippen LogP contribution in [-0.4, -0.2) is 37.2 Å². The first kappa shape index (κ1) is 16.3. The van der Waals surface area contributed by atoms with Gasteiger partial charge < -0.3 is 14.8 Å². The topological polar surface area (TPSA) is 64.6 Å². The Kier molecular flexibility index (Phi) is 5.25. The molecule has 1 amide bonds. The number of rotatable bonds is 3. The lowest BCUT2D eigenvalue weighted by Gasteiger charge is -2.29. The summed E-state index contributed by atoms with van der Waals surface area (Å²) in [5, 5.41) is 3.15. The van der Waals surface area contributed by atoms with E-state index in [4.69, 9.17) is 9.47 Å². The SMILES string of the molecule is COC(=O)C1CCC(NC(=O)C2C(C)OC(C)C2C)CC1. The highest BCUT2D eigenvalue weighted by Crippen LogP contribution is 2.33. The Morgan fingerprint density at radius 3 is 2.14 bits per heavy atom. The second-order valence-electron chi connectivity index (χ2n) is 6.51. The van der Waals surface area contributed by atoms with Gasteiger partial charge in [-0.05, 0) is 45.4 Å². The third kappa shape index (κ3) is 3.57. The third-order valence-corrected chi connectivity index (χ3v) is 5.15. The van der Waals surface area contributed by atoms with E-state index < -0.39 is 0 Å². The third-order valence-electron chi connectivity index (χ3n) is 5.15. The fraction of sp³-hybridized carbons (Fsp3) is 0.875. The highest BCUT2D eigenvalue weighted by atomic mass is 16.5. The first-order valence-electron chi connectivity index (χ1n) is 7.97. The Balaban J connectivity index is 1.83. The van der Waals surface area contributed by atoms with Crippen LogP contribution in [0.15, 0.2) is 0 Å². The summed E-state index contributed by atoms with van der Waals surface area (Å²) in [5.74, 6) is 0.140. The molecule has 2 fully saturated rings. The first-order chi connectivity index (χ1) is 9.93. The second-order valence-corrected chi connectivity index (χ2v) is 6.51. The number of carbonyl (C=O) groups excluding carboxylic acids is 2. The van der Waals surface area contributed by atoms with Crippen LogP contribution >= 0.6 is 0 Å². The Bertz CT molecular complexity index is 390. The molecule has 1 heterocycles. The van der Waals surface area contributed by atoms with Crippen molar-refractivity contribution in [2.24, 2.45) is 17.8 Å². The molecule has 0 aromatic rings. The van der Waals surface area contributed by atoms with Gasteiger partial charge in [-0.2, -0.15) is 0 Å². The molecule has 21 heavy (non-hydrogen) atoms. The number of methoxy groups -OCH3 is 1. The molecule has 4 atom stereocenters. The van der Waals surface area contributed by atoms with E-state index in [1.54, 1.807) is 0 Å². The summed E-state index contributed by atoms with van der Waals surface area (Å²) in [6, 6.07) is 0.175. The van der Waals surface area contributed by atoms with Gasteiger partial charge in [0, 0.05) is 6.04 Å². The van der Waals surface area contributed by atoms with Crippen LogP contribution in [-0.2, 0) is 19.1 Å². The lowest BCUT2D eigenvalue weighted by Crippen LogP contribution is -2.44. The number of nitrogens with one attached hydrogen (secondary N) is 1. The molecule has 5 nitrogen and oxygen atoms in total. The van der Waals surface area contributed by atoms with Crippen LogP contribution in [0.25, 0.3) is 0 Å². The largest absolute Gasteiger partial charge is 0.469 e. The van der Waals surface area contributed by atoms with E-state index in [9.17, 15) is 9.59 Å². The molecule has 5 heteroatoms. The van der Waals surface area contributed by atoms with Crippen LogP contribution in [0.2, 0.25) is 0 Å². The molecule has 4 unspecified atom stereocenters. The van der Waals surface area contributed by atoms with E-state index in [0.717, 1.165) is 25.7 Å². The number of carbonyl (C=O) groups is 2. The number of ether oxygens (including phenoxy) is 2. The maximum absolute atomic E-state index is 12.5. The quantitative estimate of drug-likeness (QED) is 0.808. The minimum Gasteiger partial charge on any atom is -0.469 e. The maximum atomic E-state index is 12.5. The molecule has 1 aliphatic heterocycles. The summed E-state index contributed by atoms with van der Waals surface area (Å²) < 4.78 is 10.5. The highest BCUT2D eigenvalue weighted by molar-refractivity contribution is 5.80.